The summed E-state index contributed by atoms with van der Waals surface area (Å²) in [5, 5.41) is 127. The number of nitrogens with two attached hydrogens (primary N) is 2. The van der Waals surface area contributed by atoms with Gasteiger partial charge >= 0.3 is 29.8 Å². The summed E-state index contributed by atoms with van der Waals surface area (Å²) in [6.07, 6.45) is 10.4. The van der Waals surface area contributed by atoms with E-state index in [1.54, 1.807) is 69.7 Å². The smallest absolute Gasteiger partial charge is 0.307 e. The van der Waals surface area contributed by atoms with Crippen LogP contribution in [0.25, 0.3) is 0 Å². The van der Waals surface area contributed by atoms with E-state index in [0.717, 1.165) is 85.9 Å². The minimum Gasteiger partial charge on any atom is -0.481 e. The Labute approximate surface area is 763 Å². The summed E-state index contributed by atoms with van der Waals surface area (Å²) in [7, 11) is 4.97. The Balaban J connectivity index is 0.000000204. The van der Waals surface area contributed by atoms with Crippen LogP contribution in [0, 0.1) is 29.6 Å². The number of likely N-dealkylation sites (tertiary alicyclic amines) is 1. The van der Waals surface area contributed by atoms with E-state index < -0.39 is 71.3 Å². The van der Waals surface area contributed by atoms with Crippen molar-refractivity contribution in [3.8, 4) is 0 Å². The van der Waals surface area contributed by atoms with Gasteiger partial charge in [0.25, 0.3) is 29.5 Å². The van der Waals surface area contributed by atoms with Crippen LogP contribution in [-0.2, 0) is 56.1 Å². The second-order valence-electron chi connectivity index (χ2n) is 32.5. The van der Waals surface area contributed by atoms with Gasteiger partial charge in [-0.2, -0.15) is 26.1 Å². The molecule has 43 nitrogen and oxygen atoms in total. The number of nitrogens with zero attached hydrogens (tertiary/aromatic N) is 18. The number of nitrogens with one attached hydrogen (secondary N) is 8. The van der Waals surface area contributed by atoms with Gasteiger partial charge in [-0.25, -0.2) is 0 Å². The molecule has 0 spiro atoms. The van der Waals surface area contributed by atoms with Gasteiger partial charge in [-0.05, 0) is 166 Å². The van der Waals surface area contributed by atoms with E-state index >= 15 is 0 Å². The molecule has 10 atom stereocenters. The number of amides is 5. The van der Waals surface area contributed by atoms with Gasteiger partial charge in [-0.15, -0.1) is 51.0 Å². The highest BCUT2D eigenvalue weighted by Crippen LogP contribution is 2.36. The van der Waals surface area contributed by atoms with Crippen LogP contribution >= 0.6 is 0 Å². The summed E-state index contributed by atoms with van der Waals surface area (Å²) in [6, 6.07) is 36.2. The number of hydrogen-bond acceptors (Lipinski definition) is 28. The maximum absolute atomic E-state index is 12.7. The van der Waals surface area contributed by atoms with Crippen molar-refractivity contribution in [1.82, 2.24) is 134 Å². The molecule has 0 saturated carbocycles. The Bertz CT molecular complexity index is 5120. The fourth-order valence-corrected chi connectivity index (χ4v) is 16.0. The molecule has 5 aromatic heterocycles. The van der Waals surface area contributed by atoms with Gasteiger partial charge in [-0.1, -0.05) is 153 Å². The maximum Gasteiger partial charge on any atom is 0.307 e. The fourth-order valence-electron chi connectivity index (χ4n) is 16.0. The minimum absolute atomic E-state index is 0.00700. The van der Waals surface area contributed by atoms with Crippen LogP contribution < -0.4 is 27.4 Å². The van der Waals surface area contributed by atoms with Gasteiger partial charge in [-0.3, -0.25) is 47.9 Å². The van der Waals surface area contributed by atoms with Crippen molar-refractivity contribution >= 4 is 59.4 Å². The molecule has 43 heteroatoms. The van der Waals surface area contributed by atoms with Gasteiger partial charge in [0.1, 0.15) is 0 Å². The number of H-pyrrole nitrogens is 5. The summed E-state index contributed by atoms with van der Waals surface area (Å²) in [5.41, 5.74) is 18.8. The summed E-state index contributed by atoms with van der Waals surface area (Å²) in [4.78, 5) is 125. The largest absolute Gasteiger partial charge is 0.481 e. The minimum atomic E-state index is -0.876. The van der Waals surface area contributed by atoms with Gasteiger partial charge in [0.2, 0.25) is 0 Å². The normalized spacial score (nSPS) is 14.8. The molecule has 7 heterocycles. The zero-order valence-corrected chi connectivity index (χ0v) is 75.6. The summed E-state index contributed by atoms with van der Waals surface area (Å²) in [6.45, 7) is 14.9. The van der Waals surface area contributed by atoms with Gasteiger partial charge in [0, 0.05) is 137 Å². The van der Waals surface area contributed by atoms with Crippen LogP contribution in [0.15, 0.2) is 121 Å². The standard InChI is InChI=1S/C20H28N6O3.C19H26N6O3.C17H24N6O3.C17H23N5O3.C16H21N5O3/c1-2-3-16(20(28)29)17(18-22-24-25-23-18)12-13-4-6-14(7-5-13)19(27)26-10-8-15(21)9-11-26;1-2-3-15(19(27)28)16(17-21-23-24-22-17)12-13-4-6-14(7-5-13)18(26)25-10-8-20-9-11-25;1-2-3-13(17(25)26)14(15-20-22-23-21-15)10-11-4-6-12(7-5-11)16(24)19-9-8-18;1-4-5-13(17(24)25)14(15-18-20-21-19-15)10-11-6-8-12(9-7-11)16(23)22(2)3;1-3-4-12(16(23)24)13(14-18-20-21-19-14)9-10-5-7-11(8-6-10)15(22)17-2/h4-7,15-17H,2-3,8-12,21H2,1H3,(H,28,29)(H,22,23,24,25);4-7,15-16,20H,2-3,8-12H2,1H3,(H,27,28)(H,21,22,23,24);4-7,13-14H,2-3,8-10,18H2,1H3,(H,19,24)(H,25,26)(H,20,21,22,23);6-9,13-14H,4-5,10H2,1-3H3,(H,24,25)(H,18,19,20,21);5-8,12-13H,3-4,9H2,1-2H3,(H,17,22)(H,23,24)(H,18,19,20,21)/t16-,17-;15-,16-;2*13-,14-;12-,13-/m00000/s1. The van der Waals surface area contributed by atoms with Crippen molar-refractivity contribution < 1.29 is 73.5 Å². The molecule has 2 saturated heterocycles. The summed E-state index contributed by atoms with van der Waals surface area (Å²) in [5.74, 6) is -7.67. The van der Waals surface area contributed by atoms with Crippen LogP contribution in [0.5, 0.6) is 0 Å². The number of tetrazole rings is 5. The zero-order chi connectivity index (χ0) is 95.6. The van der Waals surface area contributed by atoms with Crippen molar-refractivity contribution in [3.63, 3.8) is 0 Å². The third-order valence-corrected chi connectivity index (χ3v) is 23.1. The van der Waals surface area contributed by atoms with Crippen molar-refractivity contribution in [1.29, 1.82) is 0 Å². The number of aromatic nitrogens is 20. The Morgan fingerprint density at radius 3 is 0.864 bits per heavy atom. The number of carbonyl (C=O) groups excluding carboxylic acids is 5. The molecule has 2 aliphatic heterocycles. The van der Waals surface area contributed by atoms with E-state index in [9.17, 15) is 73.5 Å². The third-order valence-electron chi connectivity index (χ3n) is 23.1. The highest BCUT2D eigenvalue weighted by Gasteiger charge is 2.38. The predicted octanol–water partition coefficient (Wildman–Crippen LogP) is 6.49. The lowest BCUT2D eigenvalue weighted by Crippen LogP contribution is -2.46. The lowest BCUT2D eigenvalue weighted by Gasteiger charge is -2.30. The molecule has 708 valence electrons. The molecule has 5 amide bonds. The van der Waals surface area contributed by atoms with Gasteiger partial charge < -0.3 is 67.7 Å². The Kier molecular flexibility index (Phi) is 42.2. The highest BCUT2D eigenvalue weighted by molar-refractivity contribution is 5.96. The number of benzene rings is 5. The number of aliphatic carboxylic acids is 5. The van der Waals surface area contributed by atoms with E-state index in [1.165, 1.54) is 4.90 Å². The molecule has 10 aromatic rings. The van der Waals surface area contributed by atoms with Gasteiger partial charge in [0.05, 0.1) is 29.6 Å². The number of aromatic amines is 5. The first-order valence-corrected chi connectivity index (χ1v) is 44.4. The molecular weight excluding hydrogens is 1700 g/mol. The Hall–Kier alpha value is -14.0. The number of piperidine rings is 1. The van der Waals surface area contributed by atoms with Crippen molar-refractivity contribution in [2.24, 2.45) is 41.1 Å². The van der Waals surface area contributed by atoms with Crippen LogP contribution in [0.1, 0.15) is 250 Å². The quantitative estimate of drug-likeness (QED) is 0.0194. The molecule has 2 fully saturated rings. The van der Waals surface area contributed by atoms with E-state index in [2.05, 4.69) is 119 Å². The molecule has 132 heavy (non-hydrogen) atoms. The maximum atomic E-state index is 12.7. The Morgan fingerprint density at radius 1 is 0.386 bits per heavy atom. The fraction of sp³-hybridized carbons (Fsp3) is 0.494. The predicted molar refractivity (Wildman–Crippen MR) is 480 cm³/mol. The molecule has 5 aromatic carbocycles. The van der Waals surface area contributed by atoms with Crippen molar-refractivity contribution in [2.45, 2.75) is 179 Å². The topological polar surface area (TPSA) is 642 Å². The molecule has 0 unspecified atom stereocenters. The first-order valence-electron chi connectivity index (χ1n) is 44.4. The number of carboxylic acids is 5. The number of hydrogen-bond donors (Lipinski definition) is 15. The van der Waals surface area contributed by atoms with Crippen LogP contribution in [0.4, 0.5) is 0 Å². The first-order chi connectivity index (χ1) is 63.6. The molecule has 2 aliphatic rings. The number of carboxylic acid groups (broad SMARTS) is 5. The lowest BCUT2D eigenvalue weighted by atomic mass is 9.83. The second kappa shape index (κ2) is 53.9. The van der Waals surface area contributed by atoms with E-state index in [4.69, 9.17) is 11.5 Å². The van der Waals surface area contributed by atoms with E-state index in [1.807, 2.05) is 117 Å². The number of carbonyl (C=O) groups is 10. The highest BCUT2D eigenvalue weighted by atomic mass is 16.4. The number of rotatable bonds is 42. The molecule has 0 radical (unpaired) electrons. The number of piperazine rings is 1. The lowest BCUT2D eigenvalue weighted by molar-refractivity contribution is -0.144. The SMILES string of the molecule is CCC[C@H](C(=O)O)[C@H](Cc1ccc(C(=O)N(C)C)cc1)c1nn[nH]n1.CCC[C@H](C(=O)O)[C@H](Cc1ccc(C(=O)N2CCC(N)CC2)cc1)c1nn[nH]n1.CCC[C@H](C(=O)O)[C@H](Cc1ccc(C(=O)N2CCNCC2)cc1)c1nn[nH]n1.CCC[C@H](C(=O)O)[C@H](Cc1ccc(C(=O)NC)cc1)c1nn[nH]n1.CCC[C@H](C(=O)O)[C@H](Cc1ccc(C(=O)NCCN)cc1)c1nn[nH]n1. The van der Waals surface area contributed by atoms with Crippen LogP contribution in [0.2, 0.25) is 0 Å². The molecule has 12 rings (SSSR count). The average Bonchev–Trinajstić information content (AvgIpc) is 1.61. The molecule has 0 bridgehead atoms. The monoisotopic (exact) mass is 1820 g/mol. The van der Waals surface area contributed by atoms with Gasteiger partial charge in [0.15, 0.2) is 29.1 Å². The zero-order valence-electron chi connectivity index (χ0n) is 75.6. The summed E-state index contributed by atoms with van der Waals surface area (Å²) < 4.78 is 0. The van der Waals surface area contributed by atoms with Crippen LogP contribution in [0.3, 0.4) is 0 Å². The second-order valence-corrected chi connectivity index (χ2v) is 32.5. The molecule has 17 N–H and O–H groups in total. The first kappa shape index (κ1) is 103. The van der Waals surface area contributed by atoms with E-state index in [0.29, 0.717) is 160 Å². The van der Waals surface area contributed by atoms with E-state index in [-0.39, 0.29) is 53.3 Å². The van der Waals surface area contributed by atoms with Crippen molar-refractivity contribution in [3.05, 3.63) is 206 Å². The van der Waals surface area contributed by atoms with Crippen molar-refractivity contribution in [2.75, 3.05) is 73.5 Å². The van der Waals surface area contributed by atoms with Crippen LogP contribution in [-0.4, -0.2) is 282 Å². The Morgan fingerprint density at radius 2 is 0.636 bits per heavy atom. The average molecular weight is 1820 g/mol. The summed E-state index contributed by atoms with van der Waals surface area (Å²) >= 11 is 0. The molecule has 0 aliphatic carbocycles. The third kappa shape index (κ3) is 31.1. The molecular formula is C89H122N28O15.